The second kappa shape index (κ2) is 2.68. The van der Waals surface area contributed by atoms with Crippen molar-refractivity contribution in [3.63, 3.8) is 0 Å². The minimum Gasteiger partial charge on any atom is -0.321 e. The van der Waals surface area contributed by atoms with Crippen molar-refractivity contribution in [3.8, 4) is 0 Å². The third kappa shape index (κ3) is 3.07. The van der Waals surface area contributed by atoms with Gasteiger partial charge < -0.3 is 4.89 Å². The number of hydrogen-bond donors (Lipinski definition) is 3. The Labute approximate surface area is 44.2 Å². The molecule has 5 nitrogen and oxygen atoms in total. The summed E-state index contributed by atoms with van der Waals surface area (Å²) in [5.41, 5.74) is 0. The molecule has 0 rings (SSSR count). The molecule has 44 valence electrons. The fraction of sp³-hybridized carbons (Fsp3) is 0. The lowest BCUT2D eigenvalue weighted by molar-refractivity contribution is -0.210. The number of hydrogen-bond acceptors (Lipinski definition) is 5. The molecular formula is H3O5PS. The van der Waals surface area contributed by atoms with Gasteiger partial charge in [-0.1, -0.05) is 0 Å². The summed E-state index contributed by atoms with van der Waals surface area (Å²) in [5.74, 6) is 0. The van der Waals surface area contributed by atoms with E-state index >= 15 is 0 Å². The van der Waals surface area contributed by atoms with Crippen LogP contribution in [0.1, 0.15) is 0 Å². The molecule has 0 atom stereocenters. The van der Waals surface area contributed by atoms with E-state index < -0.39 is 6.72 Å². The molecule has 7 heteroatoms. The zero-order chi connectivity index (χ0) is 5.91. The van der Waals surface area contributed by atoms with Crippen molar-refractivity contribution in [2.45, 2.75) is 0 Å². The number of rotatable bonds is 2. The van der Waals surface area contributed by atoms with Crippen LogP contribution < -0.4 is 0 Å². The Morgan fingerprint density at radius 2 is 1.57 bits per heavy atom. The normalized spacial score (nSPS) is 11.9. The second-order valence-corrected chi connectivity index (χ2v) is 3.28. The lowest BCUT2D eigenvalue weighted by Crippen LogP contribution is -1.84. The lowest BCUT2D eigenvalue weighted by Gasteiger charge is -2.01. The first-order valence-electron chi connectivity index (χ1n) is 1.11. The summed E-state index contributed by atoms with van der Waals surface area (Å²) in [4.78, 5) is 8.11. The van der Waals surface area contributed by atoms with E-state index in [0.29, 0.717) is 0 Å². The van der Waals surface area contributed by atoms with Gasteiger partial charge in [0.1, 0.15) is 0 Å². The van der Waals surface area contributed by atoms with Crippen LogP contribution in [-0.2, 0) is 21.2 Å². The molecule has 0 aromatic heterocycles. The van der Waals surface area contributed by atoms with Gasteiger partial charge in [-0.05, 0) is 11.8 Å². The fourth-order valence-corrected chi connectivity index (χ4v) is 0.0447. The van der Waals surface area contributed by atoms with Gasteiger partial charge in [-0.25, -0.2) is 10.5 Å². The molecule has 0 fully saturated rings. The van der Waals surface area contributed by atoms with Gasteiger partial charge in [0, 0.05) is 0 Å². The van der Waals surface area contributed by atoms with Gasteiger partial charge in [-0.2, -0.15) is 9.35 Å². The summed E-state index contributed by atoms with van der Waals surface area (Å²) in [6.45, 7) is -3.71. The van der Waals surface area contributed by atoms with Crippen LogP contribution in [0.15, 0.2) is 0 Å². The van der Waals surface area contributed by atoms with Gasteiger partial charge in [0.05, 0.1) is 0 Å². The molecule has 0 spiro atoms. The molecule has 0 aliphatic rings. The summed E-state index contributed by atoms with van der Waals surface area (Å²) in [5, 5.41) is 15.0. The molecule has 0 saturated heterocycles. The summed E-state index contributed by atoms with van der Waals surface area (Å²) >= 11 is 3.87. The zero-order valence-corrected chi connectivity index (χ0v) is 4.72. The molecule has 0 aliphatic heterocycles. The highest BCUT2D eigenvalue weighted by Crippen LogP contribution is 2.40. The molecule has 0 heterocycles. The van der Waals surface area contributed by atoms with Crippen LogP contribution in [0, 0.1) is 0 Å². The van der Waals surface area contributed by atoms with Crippen molar-refractivity contribution in [1.82, 2.24) is 0 Å². The predicted octanol–water partition coefficient (Wildman–Crippen LogP) is 0.182. The Morgan fingerprint density at radius 1 is 1.29 bits per heavy atom. The molecule has 3 N–H and O–H groups in total. The third-order valence-electron chi connectivity index (χ3n) is 0.206. The van der Waals surface area contributed by atoms with E-state index in [1.807, 2.05) is 0 Å². The highest BCUT2D eigenvalue weighted by atomic mass is 32.5. The fourth-order valence-electron chi connectivity index (χ4n) is 0.0149. The Balaban J connectivity index is 3.61. The lowest BCUT2D eigenvalue weighted by atomic mass is 14.9. The molecular weight excluding hydrogens is 143 g/mol. The maximum Gasteiger partial charge on any atom is 0.379 e. The van der Waals surface area contributed by atoms with E-state index in [-0.39, 0.29) is 0 Å². The second-order valence-electron chi connectivity index (χ2n) is 0.632. The van der Waals surface area contributed by atoms with E-state index in [0.717, 1.165) is 0 Å². The largest absolute Gasteiger partial charge is 0.379 e. The Bertz CT molecular complexity index is 80.1. The molecule has 0 aromatic rings. The van der Waals surface area contributed by atoms with Crippen LogP contribution in [-0.4, -0.2) is 15.4 Å². The van der Waals surface area contributed by atoms with Gasteiger partial charge in [0.2, 0.25) is 0 Å². The van der Waals surface area contributed by atoms with Crippen molar-refractivity contribution < 1.29 is 24.8 Å². The SMILES string of the molecule is OOP(O)(=S)OO. The first kappa shape index (κ1) is 7.45. The van der Waals surface area contributed by atoms with Crippen molar-refractivity contribution in [2.24, 2.45) is 0 Å². The minimum atomic E-state index is -3.71. The molecule has 0 bridgehead atoms. The highest BCUT2D eigenvalue weighted by molar-refractivity contribution is 8.07. The maximum atomic E-state index is 8.11. The third-order valence-corrected chi connectivity index (χ3v) is 1.02. The first-order valence-corrected chi connectivity index (χ1v) is 3.70. The van der Waals surface area contributed by atoms with Gasteiger partial charge >= 0.3 is 6.72 Å². The van der Waals surface area contributed by atoms with Gasteiger partial charge in [-0.3, -0.25) is 0 Å². The van der Waals surface area contributed by atoms with E-state index in [9.17, 15) is 0 Å². The van der Waals surface area contributed by atoms with Crippen molar-refractivity contribution in [3.05, 3.63) is 0 Å². The summed E-state index contributed by atoms with van der Waals surface area (Å²) in [6.07, 6.45) is 0. The Morgan fingerprint density at radius 3 is 1.57 bits per heavy atom. The molecule has 7 heavy (non-hydrogen) atoms. The van der Waals surface area contributed by atoms with Crippen molar-refractivity contribution in [2.75, 3.05) is 0 Å². The van der Waals surface area contributed by atoms with E-state index in [2.05, 4.69) is 21.2 Å². The van der Waals surface area contributed by atoms with Crippen LogP contribution >= 0.6 is 6.72 Å². The van der Waals surface area contributed by atoms with Crippen LogP contribution in [0.25, 0.3) is 0 Å². The predicted molar refractivity (Wildman–Crippen MR) is 23.9 cm³/mol. The monoisotopic (exact) mass is 146 g/mol. The Hall–Kier alpha value is 0.450. The van der Waals surface area contributed by atoms with Crippen LogP contribution in [0.4, 0.5) is 0 Å². The molecule has 0 amide bonds. The van der Waals surface area contributed by atoms with Gasteiger partial charge in [0.25, 0.3) is 0 Å². The quantitative estimate of drug-likeness (QED) is 0.293. The van der Waals surface area contributed by atoms with E-state index in [1.165, 1.54) is 0 Å². The average molecular weight is 146 g/mol. The first-order chi connectivity index (χ1) is 3.12. The topological polar surface area (TPSA) is 79.2 Å². The van der Waals surface area contributed by atoms with Crippen LogP contribution in [0.3, 0.4) is 0 Å². The molecule has 0 saturated carbocycles. The summed E-state index contributed by atoms with van der Waals surface area (Å²) < 4.78 is 6.19. The van der Waals surface area contributed by atoms with Gasteiger partial charge in [-0.15, -0.1) is 0 Å². The molecule has 0 unspecified atom stereocenters. The van der Waals surface area contributed by atoms with Crippen molar-refractivity contribution in [1.29, 1.82) is 0 Å². The molecule has 0 radical (unpaired) electrons. The maximum absolute atomic E-state index is 8.11. The van der Waals surface area contributed by atoms with Gasteiger partial charge in [0.15, 0.2) is 0 Å². The van der Waals surface area contributed by atoms with Crippen molar-refractivity contribution >= 4 is 18.5 Å². The summed E-state index contributed by atoms with van der Waals surface area (Å²) in [7, 11) is 0. The summed E-state index contributed by atoms with van der Waals surface area (Å²) in [6, 6.07) is 0. The average Bonchev–Trinajstić information content (AvgIpc) is 1.68. The smallest absolute Gasteiger partial charge is 0.321 e. The highest BCUT2D eigenvalue weighted by Gasteiger charge is 2.12. The van der Waals surface area contributed by atoms with Crippen LogP contribution in [0.5, 0.6) is 0 Å². The molecule has 0 aromatic carbocycles. The van der Waals surface area contributed by atoms with E-state index in [4.69, 9.17) is 15.4 Å². The Kier molecular flexibility index (Phi) is 2.86. The van der Waals surface area contributed by atoms with E-state index in [1.54, 1.807) is 0 Å². The zero-order valence-electron chi connectivity index (χ0n) is 3.01. The minimum absolute atomic E-state index is 3.10. The standard InChI is InChI=1S/H3O5PS/c1-4-6(3,7)5-2/h1-2H,(H,3,7). The van der Waals surface area contributed by atoms with Crippen LogP contribution in [0.2, 0.25) is 0 Å². The molecule has 0 aliphatic carbocycles.